The number of nitrogens with zero attached hydrogens (tertiary/aromatic N) is 1. The molecule has 11 heteroatoms. The van der Waals surface area contributed by atoms with Crippen molar-refractivity contribution >= 4 is 29.7 Å². The second kappa shape index (κ2) is 13.0. The van der Waals surface area contributed by atoms with E-state index in [1.54, 1.807) is 0 Å². The van der Waals surface area contributed by atoms with Crippen molar-refractivity contribution in [1.29, 1.82) is 0 Å². The molecule has 3 fully saturated rings. The zero-order valence-electron chi connectivity index (χ0n) is 24.2. The number of hydrogen-bond donors (Lipinski definition) is 3. The van der Waals surface area contributed by atoms with Gasteiger partial charge in [0.15, 0.2) is 12.4 Å². The van der Waals surface area contributed by atoms with Gasteiger partial charge in [0.05, 0.1) is 31.1 Å². The van der Waals surface area contributed by atoms with Gasteiger partial charge >= 0.3 is 6.09 Å². The second-order valence-electron chi connectivity index (χ2n) is 11.6. The van der Waals surface area contributed by atoms with Crippen LogP contribution in [0.4, 0.5) is 4.79 Å². The van der Waals surface area contributed by atoms with Crippen molar-refractivity contribution in [3.8, 4) is 0 Å². The summed E-state index contributed by atoms with van der Waals surface area (Å²) in [6.45, 7) is 6.91. The number of hydrogen-bond acceptors (Lipinski definition) is 8. The molecule has 0 aromatic heterocycles. The van der Waals surface area contributed by atoms with E-state index >= 15 is 0 Å². The van der Waals surface area contributed by atoms with Gasteiger partial charge in [-0.3, -0.25) is 9.59 Å². The highest BCUT2D eigenvalue weighted by atomic mass is 32.2. The fourth-order valence-electron chi connectivity index (χ4n) is 5.82. The van der Waals surface area contributed by atoms with E-state index in [9.17, 15) is 19.5 Å². The first-order valence-corrected chi connectivity index (χ1v) is 15.3. The van der Waals surface area contributed by atoms with Gasteiger partial charge in [-0.1, -0.05) is 54.6 Å². The second-order valence-corrected chi connectivity index (χ2v) is 13.2. The molecule has 6 atom stereocenters. The number of thioether (sulfide) groups is 1. The highest BCUT2D eigenvalue weighted by Crippen LogP contribution is 2.40. The van der Waals surface area contributed by atoms with Crippen LogP contribution in [0.3, 0.4) is 0 Å². The highest BCUT2D eigenvalue weighted by Gasteiger charge is 2.50. The summed E-state index contributed by atoms with van der Waals surface area (Å²) in [5, 5.41) is 17.1. The van der Waals surface area contributed by atoms with E-state index < -0.39 is 41.0 Å². The summed E-state index contributed by atoms with van der Waals surface area (Å²) in [6, 6.07) is 15.3. The average molecular weight is 598 g/mol. The van der Waals surface area contributed by atoms with Crippen LogP contribution in [0.25, 0.3) is 0 Å². The summed E-state index contributed by atoms with van der Waals surface area (Å²) in [4.78, 5) is 41.8. The number of alkyl carbamates (subject to hydrolysis) is 1. The number of rotatable bonds is 9. The van der Waals surface area contributed by atoms with E-state index in [4.69, 9.17) is 14.2 Å². The Kier molecular flexibility index (Phi) is 9.41. The molecule has 3 heterocycles. The first-order chi connectivity index (χ1) is 20.1. The monoisotopic (exact) mass is 597 g/mol. The topological polar surface area (TPSA) is 126 Å². The minimum atomic E-state index is -1.61. The Labute approximate surface area is 250 Å². The summed E-state index contributed by atoms with van der Waals surface area (Å²) < 4.78 is 16.2. The molecule has 0 radical (unpaired) electrons. The molecule has 3 aliphatic rings. The Hall–Kier alpha value is -3.12. The first kappa shape index (κ1) is 30.3. The van der Waals surface area contributed by atoms with Gasteiger partial charge < -0.3 is 34.9 Å². The van der Waals surface area contributed by atoms with Crippen molar-refractivity contribution in [1.82, 2.24) is 15.5 Å². The number of fused-ring (bicyclic) bond motifs is 1. The first-order valence-electron chi connectivity index (χ1n) is 14.3. The van der Waals surface area contributed by atoms with Gasteiger partial charge in [-0.05, 0) is 50.3 Å². The van der Waals surface area contributed by atoms with Gasteiger partial charge in [0, 0.05) is 11.3 Å². The Morgan fingerprint density at radius 3 is 2.62 bits per heavy atom. The lowest BCUT2D eigenvalue weighted by atomic mass is 9.97. The average Bonchev–Trinajstić information content (AvgIpc) is 3.67. The zero-order chi connectivity index (χ0) is 29.9. The molecule has 42 heavy (non-hydrogen) atoms. The number of carbonyl (C=O) groups excluding carboxylic acids is 3. The van der Waals surface area contributed by atoms with Crippen LogP contribution >= 0.6 is 11.8 Å². The lowest BCUT2D eigenvalue weighted by molar-refractivity contribution is -0.147. The van der Waals surface area contributed by atoms with Crippen LogP contribution in [0.5, 0.6) is 0 Å². The van der Waals surface area contributed by atoms with Crippen molar-refractivity contribution in [3.05, 3.63) is 71.3 Å². The summed E-state index contributed by atoms with van der Waals surface area (Å²) in [6.07, 6.45) is -2.28. The normalized spacial score (nSPS) is 25.9. The Balaban J connectivity index is 1.29. The molecule has 0 bridgehead atoms. The van der Waals surface area contributed by atoms with E-state index in [1.807, 2.05) is 75.4 Å². The van der Waals surface area contributed by atoms with Crippen molar-refractivity contribution < 1.29 is 33.7 Å². The molecule has 2 aromatic rings. The van der Waals surface area contributed by atoms with Gasteiger partial charge in [0.25, 0.3) is 5.91 Å². The van der Waals surface area contributed by atoms with Crippen molar-refractivity contribution in [3.63, 3.8) is 0 Å². The summed E-state index contributed by atoms with van der Waals surface area (Å²) in [5.74, 6) is -0.733. The van der Waals surface area contributed by atoms with Gasteiger partial charge in [-0.25, -0.2) is 4.79 Å². The molecule has 3 amide bonds. The number of aryl methyl sites for hydroxylation is 1. The molecule has 0 aliphatic carbocycles. The maximum absolute atomic E-state index is 13.8. The molecular weight excluding hydrogens is 558 g/mol. The molecule has 0 unspecified atom stereocenters. The quantitative estimate of drug-likeness (QED) is 0.403. The van der Waals surface area contributed by atoms with Gasteiger partial charge in [0.2, 0.25) is 5.91 Å². The molecule has 3 N–H and O–H groups in total. The van der Waals surface area contributed by atoms with E-state index in [0.717, 1.165) is 23.1 Å². The lowest BCUT2D eigenvalue weighted by Gasteiger charge is -2.33. The van der Waals surface area contributed by atoms with Crippen LogP contribution in [0.2, 0.25) is 0 Å². The standard InChI is InChI=1S/C31H39N3O7S/c1-19-9-7-8-12-21(19)16-32-27(36)26-31(2,3)42-18-34(26)28(37)25(35)23(15-20-10-5-4-6-11-20)33-30(38)41-24-17-40-29-22(24)13-14-39-29/h4-12,22-26,29,35H,13-18H2,1-3H3,(H,32,36)(H,33,38)/t22-,23-,24-,25-,26+,29+/m0/s1. The predicted octanol–water partition coefficient (Wildman–Crippen LogP) is 2.75. The zero-order valence-corrected chi connectivity index (χ0v) is 25.0. The predicted molar refractivity (Wildman–Crippen MR) is 157 cm³/mol. The SMILES string of the molecule is Cc1ccccc1CNC(=O)[C@H]1N(C(=O)[C@@H](O)[C@H](Cc2ccccc2)NC(=O)O[C@H]2CO[C@H]3OCC[C@H]32)CSC1(C)C. The fraction of sp³-hybridized carbons (Fsp3) is 0.516. The maximum atomic E-state index is 13.8. The summed E-state index contributed by atoms with van der Waals surface area (Å²) >= 11 is 1.47. The molecule has 3 saturated heterocycles. The third kappa shape index (κ3) is 6.75. The van der Waals surface area contributed by atoms with Gasteiger partial charge in [0.1, 0.15) is 12.1 Å². The van der Waals surface area contributed by atoms with Crippen molar-refractivity contribution in [2.45, 2.75) is 75.5 Å². The highest BCUT2D eigenvalue weighted by molar-refractivity contribution is 8.00. The number of benzene rings is 2. The van der Waals surface area contributed by atoms with Crippen LogP contribution in [0.15, 0.2) is 54.6 Å². The Morgan fingerprint density at radius 1 is 1.12 bits per heavy atom. The smallest absolute Gasteiger partial charge is 0.407 e. The largest absolute Gasteiger partial charge is 0.443 e. The van der Waals surface area contributed by atoms with Gasteiger partial charge in [-0.15, -0.1) is 11.8 Å². The molecule has 0 spiro atoms. The van der Waals surface area contributed by atoms with E-state index in [0.29, 0.717) is 13.2 Å². The van der Waals surface area contributed by atoms with Crippen LogP contribution in [0, 0.1) is 12.8 Å². The lowest BCUT2D eigenvalue weighted by Crippen LogP contribution is -2.58. The van der Waals surface area contributed by atoms with E-state index in [1.165, 1.54) is 16.7 Å². The molecular formula is C31H39N3O7S. The van der Waals surface area contributed by atoms with Crippen molar-refractivity contribution in [2.75, 3.05) is 19.1 Å². The van der Waals surface area contributed by atoms with Crippen LogP contribution in [-0.2, 0) is 36.8 Å². The van der Waals surface area contributed by atoms with Crippen LogP contribution in [0.1, 0.15) is 37.0 Å². The third-order valence-electron chi connectivity index (χ3n) is 8.27. The third-order valence-corrected chi connectivity index (χ3v) is 9.65. The summed E-state index contributed by atoms with van der Waals surface area (Å²) in [5.41, 5.74) is 2.87. The van der Waals surface area contributed by atoms with Gasteiger partial charge in [-0.2, -0.15) is 0 Å². The fourth-order valence-corrected chi connectivity index (χ4v) is 6.96. The number of carbonyl (C=O) groups is 3. The molecule has 10 nitrogen and oxygen atoms in total. The minimum absolute atomic E-state index is 0.0438. The van der Waals surface area contributed by atoms with E-state index in [2.05, 4.69) is 10.6 Å². The summed E-state index contributed by atoms with van der Waals surface area (Å²) in [7, 11) is 0. The number of aliphatic hydroxyl groups is 1. The Bertz CT molecular complexity index is 1280. The number of nitrogens with one attached hydrogen (secondary N) is 2. The molecule has 0 saturated carbocycles. The van der Waals surface area contributed by atoms with E-state index in [-0.39, 0.29) is 37.0 Å². The number of aliphatic hydroxyl groups excluding tert-OH is 1. The van der Waals surface area contributed by atoms with Crippen LogP contribution < -0.4 is 10.6 Å². The molecule has 2 aromatic carbocycles. The molecule has 5 rings (SSSR count). The minimum Gasteiger partial charge on any atom is -0.443 e. The molecule has 3 aliphatic heterocycles. The number of ether oxygens (including phenoxy) is 3. The van der Waals surface area contributed by atoms with Crippen molar-refractivity contribution in [2.24, 2.45) is 5.92 Å². The molecule has 226 valence electrons. The maximum Gasteiger partial charge on any atom is 0.407 e. The van der Waals surface area contributed by atoms with Crippen LogP contribution in [-0.4, -0.2) is 82.3 Å². The Morgan fingerprint density at radius 2 is 1.86 bits per heavy atom. The number of amides is 3.